The molecule has 1 saturated heterocycles. The van der Waals surface area contributed by atoms with Crippen LogP contribution in [-0.4, -0.2) is 42.9 Å². The lowest BCUT2D eigenvalue weighted by molar-refractivity contribution is -0.119. The molecular formula is C16H22FN3O2. The van der Waals surface area contributed by atoms with Crippen LogP contribution in [0.15, 0.2) is 24.3 Å². The molecule has 2 N–H and O–H groups in total. The lowest BCUT2D eigenvalue weighted by Crippen LogP contribution is -2.30. The van der Waals surface area contributed by atoms with Crippen LogP contribution in [0.5, 0.6) is 0 Å². The Morgan fingerprint density at radius 2 is 2.05 bits per heavy atom. The van der Waals surface area contributed by atoms with Crippen LogP contribution in [0.25, 0.3) is 0 Å². The molecule has 1 aromatic carbocycles. The minimum absolute atomic E-state index is 0.00266. The molecule has 120 valence electrons. The topological polar surface area (TPSA) is 61.4 Å². The molecule has 0 spiro atoms. The number of carbonyl (C=O) groups excluding carboxylic acids is 2. The van der Waals surface area contributed by atoms with E-state index in [1.165, 1.54) is 19.1 Å². The van der Waals surface area contributed by atoms with Gasteiger partial charge in [-0.2, -0.15) is 0 Å². The van der Waals surface area contributed by atoms with Crippen molar-refractivity contribution in [1.29, 1.82) is 0 Å². The standard InChI is InChI=1S/C16H22FN3O2/c1-12(21)18-10-13-6-8-20(11-13)9-7-16(22)19-15-4-2-14(17)3-5-15/h2-5,13H,6-11H2,1H3,(H,18,21)(H,19,22). The van der Waals surface area contributed by atoms with Crippen molar-refractivity contribution >= 4 is 17.5 Å². The number of halogens is 1. The van der Waals surface area contributed by atoms with Crippen LogP contribution in [0.2, 0.25) is 0 Å². The number of hydrogen-bond acceptors (Lipinski definition) is 3. The fourth-order valence-corrected chi connectivity index (χ4v) is 2.59. The van der Waals surface area contributed by atoms with E-state index in [0.717, 1.165) is 19.5 Å². The maximum absolute atomic E-state index is 12.8. The van der Waals surface area contributed by atoms with E-state index in [4.69, 9.17) is 0 Å². The molecular weight excluding hydrogens is 285 g/mol. The normalized spacial score (nSPS) is 18.2. The number of nitrogens with zero attached hydrogens (tertiary/aromatic N) is 1. The third-order valence-electron chi connectivity index (χ3n) is 3.79. The molecule has 1 aliphatic rings. The summed E-state index contributed by atoms with van der Waals surface area (Å²) in [5.74, 6) is 0.0679. The first-order valence-corrected chi connectivity index (χ1v) is 7.55. The quantitative estimate of drug-likeness (QED) is 0.839. The Bertz CT molecular complexity index is 519. The van der Waals surface area contributed by atoms with Gasteiger partial charge in [-0.3, -0.25) is 9.59 Å². The summed E-state index contributed by atoms with van der Waals surface area (Å²) in [7, 11) is 0. The first-order valence-electron chi connectivity index (χ1n) is 7.55. The van der Waals surface area contributed by atoms with Gasteiger partial charge in [0, 0.05) is 38.7 Å². The highest BCUT2D eigenvalue weighted by Gasteiger charge is 2.22. The number of benzene rings is 1. The third-order valence-corrected chi connectivity index (χ3v) is 3.79. The van der Waals surface area contributed by atoms with E-state index in [2.05, 4.69) is 15.5 Å². The molecule has 1 aliphatic heterocycles. The van der Waals surface area contributed by atoms with Crippen molar-refractivity contribution in [2.75, 3.05) is 31.5 Å². The monoisotopic (exact) mass is 307 g/mol. The largest absolute Gasteiger partial charge is 0.356 e. The van der Waals surface area contributed by atoms with Crippen LogP contribution in [0, 0.1) is 11.7 Å². The van der Waals surface area contributed by atoms with Crippen molar-refractivity contribution in [2.45, 2.75) is 19.8 Å². The fraction of sp³-hybridized carbons (Fsp3) is 0.500. The average molecular weight is 307 g/mol. The van der Waals surface area contributed by atoms with E-state index < -0.39 is 0 Å². The molecule has 2 rings (SSSR count). The molecule has 22 heavy (non-hydrogen) atoms. The zero-order valence-corrected chi connectivity index (χ0v) is 12.8. The minimum Gasteiger partial charge on any atom is -0.356 e. The molecule has 0 saturated carbocycles. The number of carbonyl (C=O) groups is 2. The van der Waals surface area contributed by atoms with E-state index in [-0.39, 0.29) is 17.6 Å². The highest BCUT2D eigenvalue weighted by molar-refractivity contribution is 5.90. The van der Waals surface area contributed by atoms with Crippen molar-refractivity contribution in [2.24, 2.45) is 5.92 Å². The molecule has 0 bridgehead atoms. The average Bonchev–Trinajstić information content (AvgIpc) is 2.93. The lowest BCUT2D eigenvalue weighted by Gasteiger charge is -2.16. The van der Waals surface area contributed by atoms with E-state index in [0.29, 0.717) is 31.1 Å². The van der Waals surface area contributed by atoms with Gasteiger partial charge in [0.15, 0.2) is 0 Å². The Balaban J connectivity index is 1.66. The van der Waals surface area contributed by atoms with Gasteiger partial charge in [0.25, 0.3) is 0 Å². The molecule has 1 atom stereocenters. The van der Waals surface area contributed by atoms with Crippen LogP contribution in [0.3, 0.4) is 0 Å². The summed E-state index contributed by atoms with van der Waals surface area (Å²) in [6, 6.07) is 5.74. The minimum atomic E-state index is -0.319. The smallest absolute Gasteiger partial charge is 0.225 e. The number of nitrogens with one attached hydrogen (secondary N) is 2. The summed E-state index contributed by atoms with van der Waals surface area (Å²) < 4.78 is 12.8. The predicted molar refractivity (Wildman–Crippen MR) is 82.9 cm³/mol. The Hall–Kier alpha value is -1.95. The molecule has 1 unspecified atom stereocenters. The molecule has 0 radical (unpaired) electrons. The van der Waals surface area contributed by atoms with Crippen LogP contribution in [0.1, 0.15) is 19.8 Å². The van der Waals surface area contributed by atoms with Crippen molar-refractivity contribution in [3.05, 3.63) is 30.1 Å². The summed E-state index contributed by atoms with van der Waals surface area (Å²) in [6.07, 6.45) is 1.45. The molecule has 0 aliphatic carbocycles. The lowest BCUT2D eigenvalue weighted by atomic mass is 10.1. The Morgan fingerprint density at radius 1 is 1.32 bits per heavy atom. The third kappa shape index (κ3) is 5.44. The molecule has 0 aromatic heterocycles. The summed E-state index contributed by atoms with van der Waals surface area (Å²) in [4.78, 5) is 25.0. The molecule has 1 fully saturated rings. The predicted octanol–water partition coefficient (Wildman–Crippen LogP) is 1.61. The number of likely N-dealkylation sites (tertiary alicyclic amines) is 1. The van der Waals surface area contributed by atoms with Crippen LogP contribution in [0.4, 0.5) is 10.1 Å². The van der Waals surface area contributed by atoms with Gasteiger partial charge in [-0.05, 0) is 43.1 Å². The maximum atomic E-state index is 12.8. The van der Waals surface area contributed by atoms with Crippen molar-refractivity contribution in [3.63, 3.8) is 0 Å². The van der Waals surface area contributed by atoms with Crippen molar-refractivity contribution in [3.8, 4) is 0 Å². The van der Waals surface area contributed by atoms with Gasteiger partial charge in [-0.1, -0.05) is 0 Å². The number of amides is 2. The molecule has 1 heterocycles. The van der Waals surface area contributed by atoms with Gasteiger partial charge >= 0.3 is 0 Å². The van der Waals surface area contributed by atoms with Crippen molar-refractivity contribution < 1.29 is 14.0 Å². The molecule has 2 amide bonds. The summed E-state index contributed by atoms with van der Waals surface area (Å²) in [5, 5.41) is 5.59. The second-order valence-corrected chi connectivity index (χ2v) is 5.70. The van der Waals surface area contributed by atoms with Crippen molar-refractivity contribution in [1.82, 2.24) is 10.2 Å². The second-order valence-electron chi connectivity index (χ2n) is 5.70. The SMILES string of the molecule is CC(=O)NCC1CCN(CCC(=O)Nc2ccc(F)cc2)C1. The molecule has 5 nitrogen and oxygen atoms in total. The van der Waals surface area contributed by atoms with Crippen LogP contribution >= 0.6 is 0 Å². The molecule has 1 aromatic rings. The Morgan fingerprint density at radius 3 is 2.73 bits per heavy atom. The zero-order valence-electron chi connectivity index (χ0n) is 12.8. The highest BCUT2D eigenvalue weighted by Crippen LogP contribution is 2.16. The first kappa shape index (κ1) is 16.4. The van der Waals surface area contributed by atoms with Gasteiger partial charge in [-0.25, -0.2) is 4.39 Å². The van der Waals surface area contributed by atoms with Crippen LogP contribution < -0.4 is 10.6 Å². The van der Waals surface area contributed by atoms with E-state index in [1.54, 1.807) is 12.1 Å². The summed E-state index contributed by atoms with van der Waals surface area (Å²) in [6.45, 7) is 4.78. The van der Waals surface area contributed by atoms with Gasteiger partial charge in [0.2, 0.25) is 11.8 Å². The first-order chi connectivity index (χ1) is 10.5. The number of rotatable bonds is 6. The molecule has 6 heteroatoms. The maximum Gasteiger partial charge on any atom is 0.225 e. The zero-order chi connectivity index (χ0) is 15.9. The number of hydrogen-bond donors (Lipinski definition) is 2. The van der Waals surface area contributed by atoms with Crippen LogP contribution in [-0.2, 0) is 9.59 Å². The Labute approximate surface area is 129 Å². The van der Waals surface area contributed by atoms with Gasteiger partial charge in [0.05, 0.1) is 0 Å². The van der Waals surface area contributed by atoms with E-state index in [9.17, 15) is 14.0 Å². The Kier molecular flexibility index (Phi) is 5.89. The van der Waals surface area contributed by atoms with Gasteiger partial charge in [0.1, 0.15) is 5.82 Å². The highest BCUT2D eigenvalue weighted by atomic mass is 19.1. The summed E-state index contributed by atoms with van der Waals surface area (Å²) in [5.41, 5.74) is 0.608. The fourth-order valence-electron chi connectivity index (χ4n) is 2.59. The van der Waals surface area contributed by atoms with E-state index >= 15 is 0 Å². The number of anilines is 1. The second kappa shape index (κ2) is 7.89. The van der Waals surface area contributed by atoms with Gasteiger partial charge in [-0.15, -0.1) is 0 Å². The summed E-state index contributed by atoms with van der Waals surface area (Å²) >= 11 is 0. The van der Waals surface area contributed by atoms with E-state index in [1.807, 2.05) is 0 Å². The van der Waals surface area contributed by atoms with Gasteiger partial charge < -0.3 is 15.5 Å².